The maximum Gasteiger partial charge on any atom is 0.309 e. The number of hydrogen-bond acceptors (Lipinski definition) is 5. The third-order valence-electron chi connectivity index (χ3n) is 4.33. The number of likely N-dealkylation sites (tertiary alicyclic amines) is 1. The van der Waals surface area contributed by atoms with Crippen molar-refractivity contribution in [3.63, 3.8) is 0 Å². The maximum absolute atomic E-state index is 11.7. The number of aromatic hydroxyl groups is 1. The fourth-order valence-corrected chi connectivity index (χ4v) is 3.08. The number of piperidine rings is 1. The van der Waals surface area contributed by atoms with Gasteiger partial charge in [-0.1, -0.05) is 0 Å². The van der Waals surface area contributed by atoms with Crippen LogP contribution in [0.1, 0.15) is 25.3 Å². The topological polar surface area (TPSA) is 69.4 Å². The fraction of sp³-hybridized carbons (Fsp3) is 0.562. The van der Waals surface area contributed by atoms with Gasteiger partial charge in [-0.15, -0.1) is 0 Å². The molecule has 22 heavy (non-hydrogen) atoms. The number of nitrogens with one attached hydrogen (secondary N) is 1. The van der Waals surface area contributed by atoms with Gasteiger partial charge in [0, 0.05) is 18.9 Å². The van der Waals surface area contributed by atoms with Crippen LogP contribution in [0, 0.1) is 5.92 Å². The highest BCUT2D eigenvalue weighted by Crippen LogP contribution is 2.37. The predicted octanol–water partition coefficient (Wildman–Crippen LogP) is 0.479. The molecule has 0 amide bonds. The lowest BCUT2D eigenvalue weighted by atomic mass is 9.96. The van der Waals surface area contributed by atoms with E-state index in [1.54, 1.807) is 6.07 Å². The highest BCUT2D eigenvalue weighted by molar-refractivity contribution is 5.72. The molecular weight excluding hydrogens is 286 g/mol. The Labute approximate surface area is 129 Å². The van der Waals surface area contributed by atoms with Gasteiger partial charge in [0.2, 0.25) is 6.79 Å². The summed E-state index contributed by atoms with van der Waals surface area (Å²) in [6, 6.07) is 3.46. The largest absolute Gasteiger partial charge is 0.507 e. The first-order chi connectivity index (χ1) is 10.7. The van der Waals surface area contributed by atoms with Crippen molar-refractivity contribution in [1.29, 1.82) is 0 Å². The van der Waals surface area contributed by atoms with Crippen molar-refractivity contribution in [2.75, 3.05) is 26.5 Å². The van der Waals surface area contributed by atoms with Crippen LogP contribution in [-0.4, -0.2) is 37.6 Å². The van der Waals surface area contributed by atoms with Crippen LogP contribution in [0.15, 0.2) is 12.1 Å². The van der Waals surface area contributed by atoms with E-state index >= 15 is 0 Å². The molecule has 0 radical (unpaired) electrons. The quantitative estimate of drug-likeness (QED) is 0.792. The normalized spacial score (nSPS) is 23.3. The van der Waals surface area contributed by atoms with E-state index in [1.807, 2.05) is 13.0 Å². The van der Waals surface area contributed by atoms with Crippen LogP contribution in [0.25, 0.3) is 0 Å². The molecule has 2 aliphatic heterocycles. The summed E-state index contributed by atoms with van der Waals surface area (Å²) >= 11 is 0. The molecule has 0 bridgehead atoms. The van der Waals surface area contributed by atoms with Gasteiger partial charge in [-0.3, -0.25) is 4.79 Å². The first-order valence-electron chi connectivity index (χ1n) is 7.79. The third-order valence-corrected chi connectivity index (χ3v) is 4.33. The Kier molecular flexibility index (Phi) is 4.38. The summed E-state index contributed by atoms with van der Waals surface area (Å²) in [6.45, 7) is 5.00. The molecule has 2 heterocycles. The number of fused-ring (bicyclic) bond motifs is 1. The van der Waals surface area contributed by atoms with Crippen LogP contribution in [0.2, 0.25) is 0 Å². The number of carbonyl (C=O) groups excluding carboxylic acids is 1. The summed E-state index contributed by atoms with van der Waals surface area (Å²) in [7, 11) is 0. The van der Waals surface area contributed by atoms with Gasteiger partial charge in [-0.2, -0.15) is 0 Å². The van der Waals surface area contributed by atoms with Gasteiger partial charge in [-0.05, 0) is 13.0 Å². The van der Waals surface area contributed by atoms with E-state index in [0.717, 1.165) is 38.0 Å². The van der Waals surface area contributed by atoms with Gasteiger partial charge in [0.1, 0.15) is 12.3 Å². The van der Waals surface area contributed by atoms with Crippen molar-refractivity contribution in [3.8, 4) is 17.2 Å². The lowest BCUT2D eigenvalue weighted by Gasteiger charge is -2.28. The Balaban J connectivity index is 1.58. The van der Waals surface area contributed by atoms with Crippen LogP contribution in [0.5, 0.6) is 17.2 Å². The number of ether oxygens (including phenoxy) is 3. The first kappa shape index (κ1) is 15.0. The summed E-state index contributed by atoms with van der Waals surface area (Å²) in [5.41, 5.74) is 0.855. The zero-order chi connectivity index (χ0) is 15.5. The van der Waals surface area contributed by atoms with Crippen LogP contribution < -0.4 is 14.4 Å². The average molecular weight is 308 g/mol. The van der Waals surface area contributed by atoms with Crippen molar-refractivity contribution in [1.82, 2.24) is 0 Å². The van der Waals surface area contributed by atoms with Crippen molar-refractivity contribution in [2.45, 2.75) is 26.3 Å². The standard InChI is InChI=1S/C16H21NO5/c1-2-20-16(19)11-3-5-17(6-4-11)9-12-7-14-15(8-13(12)18)22-10-21-14/h7-8,11,18H,2-6,9-10H2,1H3/p+1. The van der Waals surface area contributed by atoms with Gasteiger partial charge in [0.25, 0.3) is 0 Å². The molecule has 0 atom stereocenters. The second-order valence-corrected chi connectivity index (χ2v) is 5.79. The first-order valence-corrected chi connectivity index (χ1v) is 7.79. The third kappa shape index (κ3) is 3.11. The summed E-state index contributed by atoms with van der Waals surface area (Å²) in [4.78, 5) is 13.1. The molecule has 1 aromatic carbocycles. The Morgan fingerprint density at radius 3 is 2.68 bits per heavy atom. The summed E-state index contributed by atoms with van der Waals surface area (Å²) in [5.74, 6) is 1.47. The van der Waals surface area contributed by atoms with Crippen LogP contribution in [0.4, 0.5) is 0 Å². The van der Waals surface area contributed by atoms with E-state index in [2.05, 4.69) is 0 Å². The maximum atomic E-state index is 11.7. The Morgan fingerprint density at radius 2 is 2.00 bits per heavy atom. The molecule has 2 aliphatic rings. The molecule has 2 N–H and O–H groups in total. The number of benzene rings is 1. The highest BCUT2D eigenvalue weighted by Gasteiger charge is 2.29. The van der Waals surface area contributed by atoms with E-state index in [0.29, 0.717) is 18.1 Å². The van der Waals surface area contributed by atoms with Crippen molar-refractivity contribution in [2.24, 2.45) is 5.92 Å². The number of carbonyl (C=O) groups is 1. The highest BCUT2D eigenvalue weighted by atomic mass is 16.7. The number of phenolic OH excluding ortho intramolecular Hbond substituents is 1. The van der Waals surface area contributed by atoms with Gasteiger partial charge in [0.05, 0.1) is 31.2 Å². The zero-order valence-corrected chi connectivity index (χ0v) is 12.8. The van der Waals surface area contributed by atoms with Gasteiger partial charge >= 0.3 is 5.97 Å². The minimum Gasteiger partial charge on any atom is -0.507 e. The molecule has 1 saturated heterocycles. The summed E-state index contributed by atoms with van der Waals surface area (Å²) in [5, 5.41) is 10.1. The lowest BCUT2D eigenvalue weighted by Crippen LogP contribution is -3.11. The molecule has 1 fully saturated rings. The molecule has 0 spiro atoms. The Bertz CT molecular complexity index is 552. The molecule has 1 aromatic rings. The van der Waals surface area contributed by atoms with Crippen molar-refractivity contribution >= 4 is 5.97 Å². The van der Waals surface area contributed by atoms with E-state index in [1.165, 1.54) is 4.90 Å². The van der Waals surface area contributed by atoms with E-state index in [-0.39, 0.29) is 24.4 Å². The average Bonchev–Trinajstić information content (AvgIpc) is 2.95. The minimum absolute atomic E-state index is 0.0223. The molecule has 120 valence electrons. The molecular formula is C16H22NO5+. The lowest BCUT2D eigenvalue weighted by molar-refractivity contribution is -0.919. The molecule has 6 nitrogen and oxygen atoms in total. The zero-order valence-electron chi connectivity index (χ0n) is 12.8. The number of esters is 1. The molecule has 0 aliphatic carbocycles. The van der Waals surface area contributed by atoms with Crippen LogP contribution in [-0.2, 0) is 16.1 Å². The van der Waals surface area contributed by atoms with Crippen LogP contribution >= 0.6 is 0 Å². The van der Waals surface area contributed by atoms with E-state index < -0.39 is 0 Å². The van der Waals surface area contributed by atoms with Crippen molar-refractivity contribution < 1.29 is 29.0 Å². The smallest absolute Gasteiger partial charge is 0.309 e. The molecule has 3 rings (SSSR count). The summed E-state index contributed by atoms with van der Waals surface area (Å²) < 4.78 is 15.7. The molecule has 6 heteroatoms. The fourth-order valence-electron chi connectivity index (χ4n) is 3.08. The Morgan fingerprint density at radius 1 is 1.32 bits per heavy atom. The number of hydrogen-bond donors (Lipinski definition) is 2. The Hall–Kier alpha value is -1.95. The van der Waals surface area contributed by atoms with E-state index in [9.17, 15) is 9.90 Å². The molecule has 0 saturated carbocycles. The van der Waals surface area contributed by atoms with Crippen molar-refractivity contribution in [3.05, 3.63) is 17.7 Å². The predicted molar refractivity (Wildman–Crippen MR) is 78.0 cm³/mol. The summed E-state index contributed by atoms with van der Waals surface area (Å²) in [6.07, 6.45) is 1.67. The second-order valence-electron chi connectivity index (χ2n) is 5.79. The van der Waals surface area contributed by atoms with E-state index in [4.69, 9.17) is 14.2 Å². The minimum atomic E-state index is -0.0764. The van der Waals surface area contributed by atoms with Crippen LogP contribution in [0.3, 0.4) is 0 Å². The van der Waals surface area contributed by atoms with Gasteiger partial charge in [-0.25, -0.2) is 0 Å². The SMILES string of the molecule is CCOC(=O)C1CC[NH+](Cc2cc3c(cc2O)OCO3)CC1. The second kappa shape index (κ2) is 6.44. The van der Waals surface area contributed by atoms with Gasteiger partial charge < -0.3 is 24.2 Å². The molecule has 0 unspecified atom stereocenters. The van der Waals surface area contributed by atoms with Gasteiger partial charge in [0.15, 0.2) is 11.5 Å². The monoisotopic (exact) mass is 308 g/mol. The number of rotatable bonds is 4. The number of quaternary nitrogens is 1. The number of phenols is 1. The molecule has 0 aromatic heterocycles.